The number of aromatic nitrogens is 3. The average molecular weight is 419 g/mol. The highest BCUT2D eigenvalue weighted by Gasteiger charge is 2.29. The topological polar surface area (TPSA) is 106 Å². The van der Waals surface area contributed by atoms with Crippen LogP contribution in [0.25, 0.3) is 5.65 Å². The molecule has 1 aliphatic heterocycles. The summed E-state index contributed by atoms with van der Waals surface area (Å²) in [5, 5.41) is 6.84. The molecule has 2 aromatic heterocycles. The molecule has 1 saturated heterocycles. The minimum atomic E-state index is -4.05. The lowest BCUT2D eigenvalue weighted by molar-refractivity contribution is 0.0729. The number of ether oxygens (including phenoxy) is 1. The van der Waals surface area contributed by atoms with E-state index in [4.69, 9.17) is 4.74 Å². The predicted octanol–water partition coefficient (Wildman–Crippen LogP) is 1.45. The van der Waals surface area contributed by atoms with Crippen molar-refractivity contribution in [2.75, 3.05) is 31.6 Å². The third-order valence-electron chi connectivity index (χ3n) is 4.57. The normalized spacial score (nSPS) is 15.5. The van der Waals surface area contributed by atoms with Gasteiger partial charge in [0.25, 0.3) is 5.91 Å². The van der Waals surface area contributed by atoms with Gasteiger partial charge in [0.05, 0.1) is 18.9 Å². The van der Waals surface area contributed by atoms with Crippen molar-refractivity contribution in [3.8, 4) is 0 Å². The molecule has 0 aliphatic carbocycles. The van der Waals surface area contributed by atoms with Crippen molar-refractivity contribution in [3.05, 3.63) is 53.7 Å². The lowest BCUT2D eigenvalue weighted by atomic mass is 10.2. The number of halogens is 1. The number of sulfonamides is 1. The molecule has 4 rings (SSSR count). The zero-order chi connectivity index (χ0) is 20.6. The van der Waals surface area contributed by atoms with Gasteiger partial charge in [0.1, 0.15) is 16.3 Å². The monoisotopic (exact) mass is 419 g/mol. The van der Waals surface area contributed by atoms with Crippen molar-refractivity contribution >= 4 is 27.3 Å². The number of carbonyl (C=O) groups is 1. The molecular weight excluding hydrogens is 401 g/mol. The molecule has 0 saturated carbocycles. The average Bonchev–Trinajstić information content (AvgIpc) is 3.05. The van der Waals surface area contributed by atoms with Crippen LogP contribution in [0.2, 0.25) is 0 Å². The first-order valence-electron chi connectivity index (χ1n) is 8.86. The van der Waals surface area contributed by atoms with Crippen molar-refractivity contribution in [1.29, 1.82) is 0 Å². The Morgan fingerprint density at radius 1 is 1.28 bits per heavy atom. The van der Waals surface area contributed by atoms with Gasteiger partial charge in [-0.2, -0.15) is 9.40 Å². The molecule has 0 bridgehead atoms. The zero-order valence-electron chi connectivity index (χ0n) is 15.5. The van der Waals surface area contributed by atoms with Crippen molar-refractivity contribution in [2.24, 2.45) is 0 Å². The number of anilines is 1. The van der Waals surface area contributed by atoms with Crippen LogP contribution in [0.1, 0.15) is 16.1 Å². The molecule has 11 heteroatoms. The highest BCUT2D eigenvalue weighted by Crippen LogP contribution is 2.25. The van der Waals surface area contributed by atoms with Crippen LogP contribution in [0.5, 0.6) is 0 Å². The Balaban J connectivity index is 1.65. The van der Waals surface area contributed by atoms with E-state index in [0.717, 1.165) is 12.1 Å². The van der Waals surface area contributed by atoms with Gasteiger partial charge < -0.3 is 10.1 Å². The van der Waals surface area contributed by atoms with Gasteiger partial charge in [-0.3, -0.25) is 4.79 Å². The van der Waals surface area contributed by atoms with E-state index in [0.29, 0.717) is 11.3 Å². The minimum absolute atomic E-state index is 0.144. The number of fused-ring (bicyclic) bond motifs is 1. The maximum Gasteiger partial charge on any atom is 0.261 e. The van der Waals surface area contributed by atoms with Crippen molar-refractivity contribution in [2.45, 2.75) is 11.8 Å². The lowest BCUT2D eigenvalue weighted by Gasteiger charge is -2.26. The van der Waals surface area contributed by atoms with Crippen molar-refractivity contribution in [3.63, 3.8) is 0 Å². The summed E-state index contributed by atoms with van der Waals surface area (Å²) in [6.07, 6.45) is 3.20. The van der Waals surface area contributed by atoms with Gasteiger partial charge in [-0.1, -0.05) is 0 Å². The van der Waals surface area contributed by atoms with Gasteiger partial charge in [-0.15, -0.1) is 0 Å². The Bertz CT molecular complexity index is 1190. The fourth-order valence-corrected chi connectivity index (χ4v) is 4.66. The van der Waals surface area contributed by atoms with Gasteiger partial charge in [0.2, 0.25) is 10.0 Å². The van der Waals surface area contributed by atoms with Crippen LogP contribution in [0.3, 0.4) is 0 Å². The molecule has 0 unspecified atom stereocenters. The van der Waals surface area contributed by atoms with Gasteiger partial charge in [-0.05, 0) is 31.2 Å². The Morgan fingerprint density at radius 2 is 2.03 bits per heavy atom. The predicted molar refractivity (Wildman–Crippen MR) is 102 cm³/mol. The summed E-state index contributed by atoms with van der Waals surface area (Å²) in [6, 6.07) is 5.13. The first-order chi connectivity index (χ1) is 13.9. The number of nitrogens with zero attached hydrogens (tertiary/aromatic N) is 4. The van der Waals surface area contributed by atoms with Crippen LogP contribution in [0.15, 0.2) is 41.6 Å². The summed E-state index contributed by atoms with van der Waals surface area (Å²) in [5.41, 5.74) is 1.24. The third-order valence-corrected chi connectivity index (χ3v) is 6.49. The summed E-state index contributed by atoms with van der Waals surface area (Å²) in [4.78, 5) is 16.5. The van der Waals surface area contributed by atoms with E-state index in [1.54, 1.807) is 19.2 Å². The Labute approximate surface area is 166 Å². The fourth-order valence-electron chi connectivity index (χ4n) is 3.16. The number of amides is 1. The van der Waals surface area contributed by atoms with Crippen LogP contribution in [0.4, 0.5) is 10.1 Å². The van der Waals surface area contributed by atoms with Crippen LogP contribution in [-0.2, 0) is 14.8 Å². The molecule has 29 heavy (non-hydrogen) atoms. The van der Waals surface area contributed by atoms with E-state index in [1.165, 1.54) is 21.1 Å². The van der Waals surface area contributed by atoms with Crippen LogP contribution >= 0.6 is 0 Å². The Morgan fingerprint density at radius 3 is 2.79 bits per heavy atom. The van der Waals surface area contributed by atoms with E-state index in [-0.39, 0.29) is 37.6 Å². The molecule has 152 valence electrons. The SMILES string of the molecule is Cc1nn2cccnc2c1C(=O)Nc1ccc(F)c(S(=O)(=O)N2CCOCC2)c1. The summed E-state index contributed by atoms with van der Waals surface area (Å²) in [5.74, 6) is -1.40. The molecule has 0 radical (unpaired) electrons. The molecule has 1 amide bonds. The van der Waals surface area contributed by atoms with Crippen LogP contribution in [0, 0.1) is 12.7 Å². The van der Waals surface area contributed by atoms with Gasteiger partial charge >= 0.3 is 0 Å². The first-order valence-corrected chi connectivity index (χ1v) is 10.3. The highest BCUT2D eigenvalue weighted by molar-refractivity contribution is 7.89. The standard InChI is InChI=1S/C18H18FN5O4S/c1-12-16(17-20-5-2-6-24(17)22-12)18(25)21-13-3-4-14(19)15(11-13)29(26,27)23-7-9-28-10-8-23/h2-6,11H,7-10H2,1H3,(H,21,25). The van der Waals surface area contributed by atoms with Crippen molar-refractivity contribution < 1.29 is 22.3 Å². The zero-order valence-corrected chi connectivity index (χ0v) is 16.3. The van der Waals surface area contributed by atoms with Crippen LogP contribution < -0.4 is 5.32 Å². The molecule has 3 heterocycles. The summed E-state index contributed by atoms with van der Waals surface area (Å²) in [7, 11) is -4.05. The highest BCUT2D eigenvalue weighted by atomic mass is 32.2. The maximum absolute atomic E-state index is 14.3. The number of benzene rings is 1. The largest absolute Gasteiger partial charge is 0.379 e. The van der Waals surface area contributed by atoms with E-state index < -0.39 is 26.6 Å². The number of rotatable bonds is 4. The van der Waals surface area contributed by atoms with E-state index >= 15 is 0 Å². The molecule has 3 aromatic rings. The molecule has 9 nitrogen and oxygen atoms in total. The first kappa shape index (κ1) is 19.4. The second-order valence-corrected chi connectivity index (χ2v) is 8.37. The summed E-state index contributed by atoms with van der Waals surface area (Å²) in [6.45, 7) is 2.45. The summed E-state index contributed by atoms with van der Waals surface area (Å²) >= 11 is 0. The quantitative estimate of drug-likeness (QED) is 0.686. The number of nitrogens with one attached hydrogen (secondary N) is 1. The smallest absolute Gasteiger partial charge is 0.261 e. The maximum atomic E-state index is 14.3. The fraction of sp³-hybridized carbons (Fsp3) is 0.278. The summed E-state index contributed by atoms with van der Waals surface area (Å²) < 4.78 is 47.7. The molecule has 1 aliphatic rings. The van der Waals surface area contributed by atoms with Crippen molar-refractivity contribution in [1.82, 2.24) is 18.9 Å². The van der Waals surface area contributed by atoms with E-state index in [1.807, 2.05) is 0 Å². The van der Waals surface area contributed by atoms with Crippen LogP contribution in [-0.4, -0.2) is 59.5 Å². The van der Waals surface area contributed by atoms with Gasteiger partial charge in [0, 0.05) is 31.2 Å². The van der Waals surface area contributed by atoms with Gasteiger partial charge in [0.15, 0.2) is 5.65 Å². The molecule has 1 aromatic carbocycles. The number of hydrogen-bond acceptors (Lipinski definition) is 6. The molecule has 0 atom stereocenters. The Kier molecular flexibility index (Phi) is 5.03. The number of aryl methyl sites for hydroxylation is 1. The minimum Gasteiger partial charge on any atom is -0.379 e. The molecular formula is C18H18FN5O4S. The lowest BCUT2D eigenvalue weighted by Crippen LogP contribution is -2.40. The molecule has 0 spiro atoms. The number of hydrogen-bond donors (Lipinski definition) is 1. The second kappa shape index (κ2) is 7.50. The number of carbonyl (C=O) groups excluding carboxylic acids is 1. The van der Waals surface area contributed by atoms with E-state index in [2.05, 4.69) is 15.4 Å². The Hall–Kier alpha value is -2.89. The number of morpholine rings is 1. The van der Waals surface area contributed by atoms with E-state index in [9.17, 15) is 17.6 Å². The molecule has 1 fully saturated rings. The second-order valence-electron chi connectivity index (χ2n) is 6.46. The third kappa shape index (κ3) is 3.59. The molecule has 1 N–H and O–H groups in total. The van der Waals surface area contributed by atoms with Gasteiger partial charge in [-0.25, -0.2) is 22.3 Å².